The third-order valence-electron chi connectivity index (χ3n) is 3.39. The van der Waals surface area contributed by atoms with Gasteiger partial charge in [0.1, 0.15) is 6.29 Å². The van der Waals surface area contributed by atoms with E-state index in [1.807, 2.05) is 0 Å². The zero-order chi connectivity index (χ0) is 11.3. The summed E-state index contributed by atoms with van der Waals surface area (Å²) in [7, 11) is 0. The lowest BCUT2D eigenvalue weighted by atomic mass is 9.77. The van der Waals surface area contributed by atoms with Gasteiger partial charge in [-0.05, 0) is 43.4 Å². The van der Waals surface area contributed by atoms with Gasteiger partial charge < -0.3 is 4.79 Å². The standard InChI is InChI=1S/C14H24O/c1-11(2)9-13-6-7-14(5-4-8-15)12(3)10-13/h7-8,11-13H,4-6,9-10H2,1-3H3/t12-,13+/m1/s1. The minimum Gasteiger partial charge on any atom is -0.303 e. The van der Waals surface area contributed by atoms with Crippen LogP contribution >= 0.6 is 0 Å². The molecule has 1 aliphatic carbocycles. The zero-order valence-electron chi connectivity index (χ0n) is 10.3. The lowest BCUT2D eigenvalue weighted by molar-refractivity contribution is -0.107. The normalized spacial score (nSPS) is 26.5. The van der Waals surface area contributed by atoms with Crippen LogP contribution in [0, 0.1) is 17.8 Å². The van der Waals surface area contributed by atoms with Gasteiger partial charge in [-0.3, -0.25) is 0 Å². The van der Waals surface area contributed by atoms with E-state index >= 15 is 0 Å². The monoisotopic (exact) mass is 208 g/mol. The number of hydrogen-bond donors (Lipinski definition) is 0. The lowest BCUT2D eigenvalue weighted by Gasteiger charge is -2.28. The topological polar surface area (TPSA) is 17.1 Å². The number of rotatable bonds is 5. The van der Waals surface area contributed by atoms with Crippen LogP contribution in [0.2, 0.25) is 0 Å². The van der Waals surface area contributed by atoms with E-state index in [0.717, 1.165) is 24.5 Å². The average molecular weight is 208 g/mol. The minimum absolute atomic E-state index is 0.697. The Bertz CT molecular complexity index is 227. The summed E-state index contributed by atoms with van der Waals surface area (Å²) in [6, 6.07) is 0. The molecule has 0 aromatic rings. The number of aldehydes is 1. The zero-order valence-corrected chi connectivity index (χ0v) is 10.3. The maximum absolute atomic E-state index is 10.3. The van der Waals surface area contributed by atoms with Crippen molar-refractivity contribution in [2.75, 3.05) is 0 Å². The van der Waals surface area contributed by atoms with Crippen LogP contribution in [-0.4, -0.2) is 6.29 Å². The molecule has 0 bridgehead atoms. The first-order chi connectivity index (χ1) is 7.13. The lowest BCUT2D eigenvalue weighted by Crippen LogP contribution is -2.15. The van der Waals surface area contributed by atoms with Gasteiger partial charge in [0.25, 0.3) is 0 Å². The third-order valence-corrected chi connectivity index (χ3v) is 3.39. The maximum Gasteiger partial charge on any atom is 0.120 e. The van der Waals surface area contributed by atoms with Crippen molar-refractivity contribution in [3.05, 3.63) is 11.6 Å². The molecule has 0 heterocycles. The highest BCUT2D eigenvalue weighted by Gasteiger charge is 2.20. The van der Waals surface area contributed by atoms with Crippen molar-refractivity contribution in [2.45, 2.75) is 52.9 Å². The molecule has 0 spiro atoms. The highest BCUT2D eigenvalue weighted by Crippen LogP contribution is 2.34. The molecule has 0 radical (unpaired) electrons. The van der Waals surface area contributed by atoms with Crippen molar-refractivity contribution in [1.82, 2.24) is 0 Å². The smallest absolute Gasteiger partial charge is 0.120 e. The summed E-state index contributed by atoms with van der Waals surface area (Å²) in [6.07, 6.45) is 9.02. The van der Waals surface area contributed by atoms with Crippen LogP contribution < -0.4 is 0 Å². The summed E-state index contributed by atoms with van der Waals surface area (Å²) in [5.41, 5.74) is 1.52. The molecular formula is C14H24O. The molecule has 0 N–H and O–H groups in total. The number of hydrogen-bond acceptors (Lipinski definition) is 1. The number of allylic oxidation sites excluding steroid dienone is 2. The SMILES string of the molecule is CC(C)C[C@@H]1CC=C(CCC=O)[C@H](C)C1. The van der Waals surface area contributed by atoms with Crippen LogP contribution in [-0.2, 0) is 4.79 Å². The predicted octanol–water partition coefficient (Wildman–Crippen LogP) is 3.98. The number of carbonyl (C=O) groups excluding carboxylic acids is 1. The summed E-state index contributed by atoms with van der Waals surface area (Å²) >= 11 is 0. The Morgan fingerprint density at radius 2 is 2.27 bits per heavy atom. The molecule has 1 aliphatic rings. The van der Waals surface area contributed by atoms with E-state index in [0.29, 0.717) is 12.3 Å². The fourth-order valence-corrected chi connectivity index (χ4v) is 2.70. The van der Waals surface area contributed by atoms with Crippen molar-refractivity contribution in [3.63, 3.8) is 0 Å². The highest BCUT2D eigenvalue weighted by atomic mass is 16.1. The van der Waals surface area contributed by atoms with Crippen LogP contribution in [0.3, 0.4) is 0 Å². The van der Waals surface area contributed by atoms with E-state index in [4.69, 9.17) is 0 Å². The van der Waals surface area contributed by atoms with Gasteiger partial charge >= 0.3 is 0 Å². The highest BCUT2D eigenvalue weighted by molar-refractivity contribution is 5.50. The molecule has 1 nitrogen and oxygen atoms in total. The molecule has 1 heteroatoms. The fourth-order valence-electron chi connectivity index (χ4n) is 2.70. The molecule has 1 rings (SSSR count). The van der Waals surface area contributed by atoms with Gasteiger partial charge in [0.2, 0.25) is 0 Å². The minimum atomic E-state index is 0.697. The summed E-state index contributed by atoms with van der Waals surface area (Å²) < 4.78 is 0. The van der Waals surface area contributed by atoms with Crippen molar-refractivity contribution in [2.24, 2.45) is 17.8 Å². The van der Waals surface area contributed by atoms with E-state index in [2.05, 4.69) is 26.8 Å². The predicted molar refractivity (Wildman–Crippen MR) is 64.7 cm³/mol. The van der Waals surface area contributed by atoms with Crippen LogP contribution in [0.25, 0.3) is 0 Å². The molecule has 0 aromatic carbocycles. The van der Waals surface area contributed by atoms with E-state index in [1.54, 1.807) is 0 Å². The van der Waals surface area contributed by atoms with E-state index in [9.17, 15) is 4.79 Å². The molecule has 0 saturated heterocycles. The second kappa shape index (κ2) is 6.09. The van der Waals surface area contributed by atoms with Crippen molar-refractivity contribution in [1.29, 1.82) is 0 Å². The van der Waals surface area contributed by atoms with E-state index in [1.165, 1.54) is 24.8 Å². The van der Waals surface area contributed by atoms with Gasteiger partial charge in [-0.2, -0.15) is 0 Å². The van der Waals surface area contributed by atoms with Crippen LogP contribution in [0.4, 0.5) is 0 Å². The van der Waals surface area contributed by atoms with Crippen LogP contribution in [0.5, 0.6) is 0 Å². The van der Waals surface area contributed by atoms with Crippen LogP contribution in [0.1, 0.15) is 52.9 Å². The fraction of sp³-hybridized carbons (Fsp3) is 0.786. The van der Waals surface area contributed by atoms with Crippen molar-refractivity contribution >= 4 is 6.29 Å². The molecule has 15 heavy (non-hydrogen) atoms. The first-order valence-electron chi connectivity index (χ1n) is 6.26. The molecule has 0 unspecified atom stereocenters. The average Bonchev–Trinajstić information content (AvgIpc) is 2.15. The molecular weight excluding hydrogens is 184 g/mol. The summed E-state index contributed by atoms with van der Waals surface area (Å²) in [5, 5.41) is 0. The quantitative estimate of drug-likeness (QED) is 0.493. The Labute approximate surface area is 93.9 Å². The molecule has 0 aliphatic heterocycles. The Kier molecular flexibility index (Phi) is 5.07. The third kappa shape index (κ3) is 4.19. The molecule has 86 valence electrons. The summed E-state index contributed by atoms with van der Waals surface area (Å²) in [6.45, 7) is 6.91. The second-order valence-electron chi connectivity index (χ2n) is 5.35. The van der Waals surface area contributed by atoms with Crippen molar-refractivity contribution in [3.8, 4) is 0 Å². The van der Waals surface area contributed by atoms with Crippen molar-refractivity contribution < 1.29 is 4.79 Å². The molecule has 2 atom stereocenters. The second-order valence-corrected chi connectivity index (χ2v) is 5.35. The van der Waals surface area contributed by atoms with E-state index in [-0.39, 0.29) is 0 Å². The van der Waals surface area contributed by atoms with Gasteiger partial charge in [0, 0.05) is 6.42 Å². The molecule has 0 saturated carbocycles. The maximum atomic E-state index is 10.3. The molecule has 0 aromatic heterocycles. The van der Waals surface area contributed by atoms with Gasteiger partial charge in [-0.25, -0.2) is 0 Å². The Morgan fingerprint density at radius 3 is 2.80 bits per heavy atom. The Hall–Kier alpha value is -0.590. The number of carbonyl (C=O) groups is 1. The van der Waals surface area contributed by atoms with Gasteiger partial charge in [0.05, 0.1) is 0 Å². The summed E-state index contributed by atoms with van der Waals surface area (Å²) in [5.74, 6) is 2.38. The first kappa shape index (κ1) is 12.5. The van der Waals surface area contributed by atoms with Crippen LogP contribution in [0.15, 0.2) is 11.6 Å². The Balaban J connectivity index is 2.44. The largest absolute Gasteiger partial charge is 0.303 e. The van der Waals surface area contributed by atoms with Gasteiger partial charge in [-0.15, -0.1) is 0 Å². The van der Waals surface area contributed by atoms with E-state index < -0.39 is 0 Å². The Morgan fingerprint density at radius 1 is 1.53 bits per heavy atom. The first-order valence-corrected chi connectivity index (χ1v) is 6.26. The van der Waals surface area contributed by atoms with Gasteiger partial charge in [-0.1, -0.05) is 32.4 Å². The molecule has 0 fully saturated rings. The molecule has 0 amide bonds. The van der Waals surface area contributed by atoms with Gasteiger partial charge in [0.15, 0.2) is 0 Å². The summed E-state index contributed by atoms with van der Waals surface area (Å²) in [4.78, 5) is 10.3.